The van der Waals surface area contributed by atoms with Gasteiger partial charge in [0.25, 0.3) is 0 Å². The molecule has 5 heteroatoms. The molecule has 0 spiro atoms. The van der Waals surface area contributed by atoms with Crippen molar-refractivity contribution in [3.8, 4) is 0 Å². The van der Waals surface area contributed by atoms with Crippen LogP contribution in [0.25, 0.3) is 0 Å². The number of nitrogens with one attached hydrogen (secondary N) is 1. The molecule has 0 aliphatic carbocycles. The first-order chi connectivity index (χ1) is 8.63. The summed E-state index contributed by atoms with van der Waals surface area (Å²) in [4.78, 5) is 2.61. The van der Waals surface area contributed by atoms with E-state index >= 15 is 0 Å². The molecular weight excluding hydrogens is 226 g/mol. The highest BCUT2D eigenvalue weighted by Crippen LogP contribution is 2.35. The number of nitrogens with zero attached hydrogens (tertiary/aromatic N) is 4. The van der Waals surface area contributed by atoms with Crippen molar-refractivity contribution in [3.63, 3.8) is 0 Å². The van der Waals surface area contributed by atoms with Crippen molar-refractivity contribution >= 4 is 0 Å². The predicted octanol–water partition coefficient (Wildman–Crippen LogP) is 1.34. The molecular formula is C13H25N5. The highest BCUT2D eigenvalue weighted by molar-refractivity contribution is 5.12. The van der Waals surface area contributed by atoms with E-state index in [1.807, 2.05) is 25.0 Å². The Labute approximate surface area is 110 Å². The third-order valence-electron chi connectivity index (χ3n) is 4.50. The molecule has 1 fully saturated rings. The largest absolute Gasteiger partial charge is 0.310 e. The van der Waals surface area contributed by atoms with Crippen molar-refractivity contribution in [2.75, 3.05) is 20.1 Å². The summed E-state index contributed by atoms with van der Waals surface area (Å²) in [5, 5.41) is 11.6. The van der Waals surface area contributed by atoms with Crippen LogP contribution in [0, 0.1) is 0 Å². The van der Waals surface area contributed by atoms with Crippen molar-refractivity contribution in [3.05, 3.63) is 11.9 Å². The molecule has 0 aromatic carbocycles. The Hall–Kier alpha value is -0.940. The highest BCUT2D eigenvalue weighted by Gasteiger charge is 2.40. The summed E-state index contributed by atoms with van der Waals surface area (Å²) in [6.45, 7) is 7.03. The Bertz CT molecular complexity index is 382. The number of hydrogen-bond donors (Lipinski definition) is 1. The van der Waals surface area contributed by atoms with E-state index in [-0.39, 0.29) is 11.6 Å². The first kappa shape index (κ1) is 13.5. The van der Waals surface area contributed by atoms with Gasteiger partial charge < -0.3 is 5.32 Å². The molecule has 1 aromatic heterocycles. The summed E-state index contributed by atoms with van der Waals surface area (Å²) < 4.78 is 1.88. The fourth-order valence-electron chi connectivity index (χ4n) is 3.17. The zero-order valence-corrected chi connectivity index (χ0v) is 12.0. The maximum atomic E-state index is 4.07. The molecule has 1 aliphatic rings. The van der Waals surface area contributed by atoms with Gasteiger partial charge in [0.2, 0.25) is 0 Å². The Kier molecular flexibility index (Phi) is 4.02. The SMILES string of the molecule is CCC(C)(C(NC)c1cnnn1C)N1CCCC1. The molecule has 0 saturated carbocycles. The van der Waals surface area contributed by atoms with Crippen LogP contribution in [0.4, 0.5) is 0 Å². The van der Waals surface area contributed by atoms with Crippen molar-refractivity contribution in [1.82, 2.24) is 25.2 Å². The van der Waals surface area contributed by atoms with E-state index in [1.165, 1.54) is 25.9 Å². The van der Waals surface area contributed by atoms with Crippen LogP contribution in [0.5, 0.6) is 0 Å². The average Bonchev–Trinajstić information content (AvgIpc) is 3.02. The smallest absolute Gasteiger partial charge is 0.0771 e. The number of hydrogen-bond acceptors (Lipinski definition) is 4. The van der Waals surface area contributed by atoms with E-state index in [9.17, 15) is 0 Å². The molecule has 2 atom stereocenters. The standard InChI is InChI=1S/C13H25N5/c1-5-13(2,18-8-6-7-9-18)12(14-3)11-10-15-16-17(11)4/h10,12,14H,5-9H2,1-4H3. The fourth-order valence-corrected chi connectivity index (χ4v) is 3.17. The van der Waals surface area contributed by atoms with E-state index in [2.05, 4.69) is 34.4 Å². The number of likely N-dealkylation sites (tertiary alicyclic amines) is 1. The van der Waals surface area contributed by atoms with Gasteiger partial charge in [-0.05, 0) is 46.3 Å². The van der Waals surface area contributed by atoms with Crippen LogP contribution in [0.3, 0.4) is 0 Å². The Morgan fingerprint density at radius 1 is 1.44 bits per heavy atom. The second-order valence-corrected chi connectivity index (χ2v) is 5.41. The predicted molar refractivity (Wildman–Crippen MR) is 72.3 cm³/mol. The minimum atomic E-state index is 0.126. The minimum absolute atomic E-state index is 0.126. The van der Waals surface area contributed by atoms with Crippen molar-refractivity contribution in [1.29, 1.82) is 0 Å². The Morgan fingerprint density at radius 3 is 2.56 bits per heavy atom. The molecule has 2 rings (SSSR count). The van der Waals surface area contributed by atoms with E-state index in [0.29, 0.717) is 0 Å². The van der Waals surface area contributed by atoms with Gasteiger partial charge in [0.05, 0.1) is 17.9 Å². The summed E-state index contributed by atoms with van der Waals surface area (Å²) in [7, 11) is 3.99. The van der Waals surface area contributed by atoms with E-state index in [1.54, 1.807) is 0 Å². The summed E-state index contributed by atoms with van der Waals surface area (Å²) in [6.07, 6.45) is 5.63. The van der Waals surface area contributed by atoms with Crippen LogP contribution >= 0.6 is 0 Å². The maximum Gasteiger partial charge on any atom is 0.0771 e. The van der Waals surface area contributed by atoms with Gasteiger partial charge in [-0.1, -0.05) is 12.1 Å². The number of likely N-dealkylation sites (N-methyl/N-ethyl adjacent to an activating group) is 1. The molecule has 1 N–H and O–H groups in total. The highest BCUT2D eigenvalue weighted by atomic mass is 15.4. The zero-order valence-electron chi connectivity index (χ0n) is 12.0. The summed E-state index contributed by atoms with van der Waals surface area (Å²) in [5.74, 6) is 0. The molecule has 1 saturated heterocycles. The molecule has 1 aromatic rings. The van der Waals surface area contributed by atoms with Crippen molar-refractivity contribution in [2.45, 2.75) is 44.7 Å². The third kappa shape index (κ3) is 2.17. The van der Waals surface area contributed by atoms with E-state index in [4.69, 9.17) is 0 Å². The quantitative estimate of drug-likeness (QED) is 0.858. The maximum absolute atomic E-state index is 4.07. The van der Waals surface area contributed by atoms with Gasteiger partial charge in [0.1, 0.15) is 0 Å². The lowest BCUT2D eigenvalue weighted by atomic mass is 9.85. The second kappa shape index (κ2) is 5.36. The summed E-state index contributed by atoms with van der Waals surface area (Å²) in [6, 6.07) is 0.264. The Morgan fingerprint density at radius 2 is 2.11 bits per heavy atom. The molecule has 1 aliphatic heterocycles. The number of aryl methyl sites for hydroxylation is 1. The molecule has 0 radical (unpaired) electrons. The van der Waals surface area contributed by atoms with Gasteiger partial charge in [0, 0.05) is 12.6 Å². The van der Waals surface area contributed by atoms with Crippen LogP contribution in [0.15, 0.2) is 6.20 Å². The Balaban J connectivity index is 2.31. The first-order valence-corrected chi connectivity index (χ1v) is 6.90. The summed E-state index contributed by atoms with van der Waals surface area (Å²) >= 11 is 0. The minimum Gasteiger partial charge on any atom is -0.310 e. The molecule has 0 bridgehead atoms. The van der Waals surface area contributed by atoms with Gasteiger partial charge in [-0.3, -0.25) is 9.58 Å². The van der Waals surface area contributed by atoms with Gasteiger partial charge in [-0.15, -0.1) is 5.10 Å². The lowest BCUT2D eigenvalue weighted by molar-refractivity contribution is 0.0840. The van der Waals surface area contributed by atoms with E-state index < -0.39 is 0 Å². The monoisotopic (exact) mass is 251 g/mol. The van der Waals surface area contributed by atoms with Gasteiger partial charge >= 0.3 is 0 Å². The van der Waals surface area contributed by atoms with Crippen molar-refractivity contribution < 1.29 is 0 Å². The average molecular weight is 251 g/mol. The van der Waals surface area contributed by atoms with Crippen LogP contribution < -0.4 is 5.32 Å². The molecule has 2 heterocycles. The van der Waals surface area contributed by atoms with Crippen molar-refractivity contribution in [2.24, 2.45) is 7.05 Å². The van der Waals surface area contributed by atoms with Crippen LogP contribution in [0.2, 0.25) is 0 Å². The van der Waals surface area contributed by atoms with E-state index in [0.717, 1.165) is 12.1 Å². The van der Waals surface area contributed by atoms with Gasteiger partial charge in [-0.2, -0.15) is 0 Å². The normalized spacial score (nSPS) is 22.0. The van der Waals surface area contributed by atoms with Crippen LogP contribution in [0.1, 0.15) is 44.8 Å². The summed E-state index contributed by atoms with van der Waals surface area (Å²) in [5.41, 5.74) is 1.29. The van der Waals surface area contributed by atoms with Gasteiger partial charge in [0.15, 0.2) is 0 Å². The second-order valence-electron chi connectivity index (χ2n) is 5.41. The lowest BCUT2D eigenvalue weighted by Crippen LogP contribution is -2.53. The van der Waals surface area contributed by atoms with Crippen LogP contribution in [-0.4, -0.2) is 45.6 Å². The van der Waals surface area contributed by atoms with Crippen LogP contribution in [-0.2, 0) is 7.05 Å². The molecule has 0 amide bonds. The molecule has 18 heavy (non-hydrogen) atoms. The first-order valence-electron chi connectivity index (χ1n) is 6.90. The lowest BCUT2D eigenvalue weighted by Gasteiger charge is -2.44. The zero-order chi connectivity index (χ0) is 13.2. The number of rotatable bonds is 5. The topological polar surface area (TPSA) is 46.0 Å². The fraction of sp³-hybridized carbons (Fsp3) is 0.846. The molecule has 2 unspecified atom stereocenters. The number of aromatic nitrogens is 3. The third-order valence-corrected chi connectivity index (χ3v) is 4.50. The molecule has 5 nitrogen and oxygen atoms in total. The molecule has 102 valence electrons. The van der Waals surface area contributed by atoms with Gasteiger partial charge in [-0.25, -0.2) is 0 Å².